The molecule has 0 bridgehead atoms. The van der Waals surface area contributed by atoms with Gasteiger partial charge in [0, 0.05) is 18.6 Å². The highest BCUT2D eigenvalue weighted by Crippen LogP contribution is 2.24. The van der Waals surface area contributed by atoms with Gasteiger partial charge in [-0.1, -0.05) is 6.42 Å². The Morgan fingerprint density at radius 2 is 2.06 bits per heavy atom. The molecule has 0 aliphatic heterocycles. The van der Waals surface area contributed by atoms with Crippen molar-refractivity contribution in [3.8, 4) is 0 Å². The van der Waals surface area contributed by atoms with E-state index in [1.165, 1.54) is 6.42 Å². The predicted molar refractivity (Wildman–Crippen MR) is 68.1 cm³/mol. The Hall–Kier alpha value is -1.14. The zero-order valence-corrected chi connectivity index (χ0v) is 11.1. The summed E-state index contributed by atoms with van der Waals surface area (Å²) in [5.41, 5.74) is 0. The van der Waals surface area contributed by atoms with E-state index >= 15 is 0 Å². The lowest BCUT2D eigenvalue weighted by molar-refractivity contribution is -0.122. The van der Waals surface area contributed by atoms with E-state index in [2.05, 4.69) is 10.6 Å². The summed E-state index contributed by atoms with van der Waals surface area (Å²) in [5, 5.41) is 13.9. The summed E-state index contributed by atoms with van der Waals surface area (Å²) in [5.74, 6) is -0.325. The standard InChI is InChI=1S/C12H23N3O3/c1-9(2)13-12(18)14-11(17)8-15(6-7-16)10-4-3-5-10/h9-10,16H,3-8H2,1-2H3,(H2,13,14,17,18). The number of rotatable bonds is 6. The molecule has 1 rings (SSSR count). The van der Waals surface area contributed by atoms with Gasteiger partial charge in [-0.3, -0.25) is 15.0 Å². The molecule has 0 atom stereocenters. The van der Waals surface area contributed by atoms with Crippen molar-refractivity contribution >= 4 is 11.9 Å². The number of nitrogens with one attached hydrogen (secondary N) is 2. The molecule has 0 unspecified atom stereocenters. The third-order valence-corrected chi connectivity index (χ3v) is 3.00. The number of hydrogen-bond donors (Lipinski definition) is 3. The number of amides is 3. The lowest BCUT2D eigenvalue weighted by atomic mass is 9.91. The number of carbonyl (C=O) groups excluding carboxylic acids is 2. The molecule has 1 fully saturated rings. The summed E-state index contributed by atoms with van der Waals surface area (Å²) >= 11 is 0. The van der Waals surface area contributed by atoms with Gasteiger partial charge in [-0.2, -0.15) is 0 Å². The first-order valence-corrected chi connectivity index (χ1v) is 6.48. The molecule has 6 heteroatoms. The van der Waals surface area contributed by atoms with Crippen LogP contribution in [0.25, 0.3) is 0 Å². The maximum Gasteiger partial charge on any atom is 0.321 e. The van der Waals surface area contributed by atoms with Crippen molar-refractivity contribution in [2.45, 2.75) is 45.2 Å². The van der Waals surface area contributed by atoms with Gasteiger partial charge in [0.2, 0.25) is 5.91 Å². The van der Waals surface area contributed by atoms with Gasteiger partial charge >= 0.3 is 6.03 Å². The molecule has 0 radical (unpaired) electrons. The number of imide groups is 1. The molecule has 6 nitrogen and oxygen atoms in total. The van der Waals surface area contributed by atoms with E-state index in [0.29, 0.717) is 12.6 Å². The van der Waals surface area contributed by atoms with Gasteiger partial charge in [0.15, 0.2) is 0 Å². The SMILES string of the molecule is CC(C)NC(=O)NC(=O)CN(CCO)C1CCC1. The van der Waals surface area contributed by atoms with Crippen LogP contribution in [0.15, 0.2) is 0 Å². The molecule has 18 heavy (non-hydrogen) atoms. The summed E-state index contributed by atoms with van der Waals surface area (Å²) in [6.07, 6.45) is 3.29. The van der Waals surface area contributed by atoms with E-state index in [0.717, 1.165) is 12.8 Å². The van der Waals surface area contributed by atoms with Gasteiger partial charge in [-0.15, -0.1) is 0 Å². The minimum absolute atomic E-state index is 0.00187. The molecule has 0 saturated heterocycles. The van der Waals surface area contributed by atoms with Crippen molar-refractivity contribution in [3.05, 3.63) is 0 Å². The second-order valence-electron chi connectivity index (χ2n) is 4.96. The zero-order valence-electron chi connectivity index (χ0n) is 11.1. The fraction of sp³-hybridized carbons (Fsp3) is 0.833. The Bertz CT molecular complexity index is 290. The predicted octanol–water partition coefficient (Wildman–Crippen LogP) is 0.0674. The van der Waals surface area contributed by atoms with E-state index in [1.807, 2.05) is 18.7 Å². The van der Waals surface area contributed by atoms with Crippen LogP contribution in [0.2, 0.25) is 0 Å². The molecule has 0 aromatic carbocycles. The molecule has 1 aliphatic carbocycles. The second-order valence-corrected chi connectivity index (χ2v) is 4.96. The lowest BCUT2D eigenvalue weighted by Gasteiger charge is -2.36. The molecule has 0 aromatic heterocycles. The average molecular weight is 257 g/mol. The van der Waals surface area contributed by atoms with Crippen LogP contribution in [0.5, 0.6) is 0 Å². The fourth-order valence-electron chi connectivity index (χ4n) is 1.92. The molecule has 1 aliphatic rings. The number of aliphatic hydroxyl groups excluding tert-OH is 1. The van der Waals surface area contributed by atoms with E-state index in [-0.39, 0.29) is 25.1 Å². The smallest absolute Gasteiger partial charge is 0.321 e. The van der Waals surface area contributed by atoms with Crippen molar-refractivity contribution in [3.63, 3.8) is 0 Å². The van der Waals surface area contributed by atoms with E-state index in [9.17, 15) is 9.59 Å². The number of hydrogen-bond acceptors (Lipinski definition) is 4. The molecular weight excluding hydrogens is 234 g/mol. The largest absolute Gasteiger partial charge is 0.395 e. The molecule has 0 heterocycles. The summed E-state index contributed by atoms with van der Waals surface area (Å²) in [6, 6.07) is -0.0957. The normalized spacial score (nSPS) is 15.6. The van der Waals surface area contributed by atoms with Crippen molar-refractivity contribution in [2.24, 2.45) is 0 Å². The molecule has 104 valence electrons. The summed E-state index contributed by atoms with van der Waals surface area (Å²) in [7, 11) is 0. The van der Waals surface area contributed by atoms with Crippen LogP contribution in [0.1, 0.15) is 33.1 Å². The molecule has 0 aromatic rings. The second kappa shape index (κ2) is 7.33. The van der Waals surface area contributed by atoms with Crippen LogP contribution < -0.4 is 10.6 Å². The van der Waals surface area contributed by atoms with Gasteiger partial charge in [-0.05, 0) is 26.7 Å². The van der Waals surface area contributed by atoms with Crippen molar-refractivity contribution < 1.29 is 14.7 Å². The first-order chi connectivity index (χ1) is 8.52. The Morgan fingerprint density at radius 1 is 1.39 bits per heavy atom. The van der Waals surface area contributed by atoms with Gasteiger partial charge in [0.1, 0.15) is 0 Å². The molecule has 1 saturated carbocycles. The maximum absolute atomic E-state index is 11.7. The highest BCUT2D eigenvalue weighted by molar-refractivity contribution is 5.95. The molecule has 3 N–H and O–H groups in total. The topological polar surface area (TPSA) is 81.7 Å². The first-order valence-electron chi connectivity index (χ1n) is 6.48. The van der Waals surface area contributed by atoms with Crippen molar-refractivity contribution in [1.29, 1.82) is 0 Å². The Kier molecular flexibility index (Phi) is 6.07. The van der Waals surface area contributed by atoms with Gasteiger partial charge in [0.25, 0.3) is 0 Å². The van der Waals surface area contributed by atoms with Gasteiger partial charge in [-0.25, -0.2) is 4.79 Å². The fourth-order valence-corrected chi connectivity index (χ4v) is 1.92. The van der Waals surface area contributed by atoms with Crippen LogP contribution >= 0.6 is 0 Å². The summed E-state index contributed by atoms with van der Waals surface area (Å²) < 4.78 is 0. The summed E-state index contributed by atoms with van der Waals surface area (Å²) in [6.45, 7) is 4.33. The number of urea groups is 1. The van der Waals surface area contributed by atoms with Crippen molar-refractivity contribution in [2.75, 3.05) is 19.7 Å². The Balaban J connectivity index is 2.33. The van der Waals surface area contributed by atoms with Crippen LogP contribution in [0.4, 0.5) is 4.79 Å². The third kappa shape index (κ3) is 5.01. The first kappa shape index (κ1) is 14.9. The molecule has 3 amide bonds. The van der Waals surface area contributed by atoms with Crippen LogP contribution in [-0.2, 0) is 4.79 Å². The van der Waals surface area contributed by atoms with Gasteiger partial charge < -0.3 is 10.4 Å². The lowest BCUT2D eigenvalue weighted by Crippen LogP contribution is -2.50. The maximum atomic E-state index is 11.7. The Labute approximate surface area is 108 Å². The summed E-state index contributed by atoms with van der Waals surface area (Å²) in [4.78, 5) is 24.9. The number of carbonyl (C=O) groups is 2. The van der Waals surface area contributed by atoms with E-state index in [4.69, 9.17) is 5.11 Å². The highest BCUT2D eigenvalue weighted by Gasteiger charge is 2.26. The minimum Gasteiger partial charge on any atom is -0.395 e. The third-order valence-electron chi connectivity index (χ3n) is 3.00. The van der Waals surface area contributed by atoms with Gasteiger partial charge in [0.05, 0.1) is 13.2 Å². The monoisotopic (exact) mass is 257 g/mol. The Morgan fingerprint density at radius 3 is 2.50 bits per heavy atom. The minimum atomic E-state index is -0.465. The van der Waals surface area contributed by atoms with Crippen LogP contribution in [-0.4, -0.2) is 53.7 Å². The number of nitrogens with zero attached hydrogens (tertiary/aromatic N) is 1. The average Bonchev–Trinajstić information content (AvgIpc) is 2.12. The molecular formula is C12H23N3O3. The zero-order chi connectivity index (χ0) is 13.5. The van der Waals surface area contributed by atoms with Crippen molar-refractivity contribution in [1.82, 2.24) is 15.5 Å². The van der Waals surface area contributed by atoms with Crippen LogP contribution in [0.3, 0.4) is 0 Å². The van der Waals surface area contributed by atoms with Crippen LogP contribution in [0, 0.1) is 0 Å². The van der Waals surface area contributed by atoms with E-state index < -0.39 is 6.03 Å². The number of aliphatic hydroxyl groups is 1. The highest BCUT2D eigenvalue weighted by atomic mass is 16.3. The quantitative estimate of drug-likeness (QED) is 0.629. The molecule has 0 spiro atoms. The van der Waals surface area contributed by atoms with E-state index in [1.54, 1.807) is 0 Å².